The lowest BCUT2D eigenvalue weighted by Gasteiger charge is -2.15. The van der Waals surface area contributed by atoms with Crippen molar-refractivity contribution in [2.45, 2.75) is 0 Å². The van der Waals surface area contributed by atoms with Crippen molar-refractivity contribution >= 4 is 17.3 Å². The third-order valence-corrected chi connectivity index (χ3v) is 7.31. The van der Waals surface area contributed by atoms with Crippen molar-refractivity contribution in [2.75, 3.05) is 0 Å². The Morgan fingerprint density at radius 2 is 0.714 bits per heavy atom. The van der Waals surface area contributed by atoms with Crippen molar-refractivity contribution in [3.8, 4) is 22.3 Å². The molecule has 42 heavy (non-hydrogen) atoms. The van der Waals surface area contributed by atoms with E-state index in [9.17, 15) is 14.4 Å². The van der Waals surface area contributed by atoms with Crippen molar-refractivity contribution in [3.63, 3.8) is 0 Å². The maximum atomic E-state index is 13.9. The minimum absolute atomic E-state index is 0.0576. The SMILES string of the molecule is O=C(c1ccccc1)c1ccc(-c2ccc(-c3ccccc3C(=O)c3ccccc3)cc2C(=O)c2ccccc2)cc1. The molecule has 0 saturated heterocycles. The molecule has 0 aliphatic carbocycles. The van der Waals surface area contributed by atoms with Gasteiger partial charge in [0.25, 0.3) is 0 Å². The molecule has 0 aliphatic rings. The van der Waals surface area contributed by atoms with Crippen LogP contribution >= 0.6 is 0 Å². The highest BCUT2D eigenvalue weighted by atomic mass is 16.1. The Kier molecular flexibility index (Phi) is 7.48. The number of hydrogen-bond donors (Lipinski definition) is 0. The summed E-state index contributed by atoms with van der Waals surface area (Å²) in [4.78, 5) is 40.3. The van der Waals surface area contributed by atoms with Crippen LogP contribution in [0.15, 0.2) is 158 Å². The van der Waals surface area contributed by atoms with Gasteiger partial charge >= 0.3 is 0 Å². The molecule has 200 valence electrons. The highest BCUT2D eigenvalue weighted by Gasteiger charge is 2.20. The number of ketones is 3. The van der Waals surface area contributed by atoms with Gasteiger partial charge in [-0.3, -0.25) is 14.4 Å². The number of rotatable bonds is 8. The van der Waals surface area contributed by atoms with Crippen LogP contribution < -0.4 is 0 Å². The number of carbonyl (C=O) groups is 3. The predicted molar refractivity (Wildman–Crippen MR) is 167 cm³/mol. The highest BCUT2D eigenvalue weighted by Crippen LogP contribution is 2.33. The lowest BCUT2D eigenvalue weighted by molar-refractivity contribution is 0.103. The van der Waals surface area contributed by atoms with Gasteiger partial charge in [0, 0.05) is 33.4 Å². The molecular weight excluding hydrogens is 516 g/mol. The van der Waals surface area contributed by atoms with E-state index in [2.05, 4.69) is 0 Å². The highest BCUT2D eigenvalue weighted by molar-refractivity contribution is 6.15. The fourth-order valence-corrected chi connectivity index (χ4v) is 5.13. The van der Waals surface area contributed by atoms with Gasteiger partial charge in [0.15, 0.2) is 17.3 Å². The van der Waals surface area contributed by atoms with Crippen LogP contribution in [-0.2, 0) is 0 Å². The van der Waals surface area contributed by atoms with E-state index in [-0.39, 0.29) is 17.3 Å². The average Bonchev–Trinajstić information content (AvgIpc) is 3.08. The summed E-state index contributed by atoms with van der Waals surface area (Å²) in [6.07, 6.45) is 0. The second-order valence-corrected chi connectivity index (χ2v) is 9.97. The lowest BCUT2D eigenvalue weighted by Crippen LogP contribution is -2.06. The summed E-state index contributed by atoms with van der Waals surface area (Å²) in [7, 11) is 0. The van der Waals surface area contributed by atoms with Gasteiger partial charge in [-0.15, -0.1) is 0 Å². The molecule has 0 amide bonds. The molecule has 0 fully saturated rings. The summed E-state index contributed by atoms with van der Waals surface area (Å²) < 4.78 is 0. The summed E-state index contributed by atoms with van der Waals surface area (Å²) in [6.45, 7) is 0. The number of carbonyl (C=O) groups excluding carboxylic acids is 3. The number of hydrogen-bond acceptors (Lipinski definition) is 3. The third kappa shape index (κ3) is 5.36. The largest absolute Gasteiger partial charge is 0.289 e. The smallest absolute Gasteiger partial charge is 0.193 e. The maximum Gasteiger partial charge on any atom is 0.193 e. The molecule has 6 rings (SSSR count). The Morgan fingerprint density at radius 1 is 0.310 bits per heavy atom. The second-order valence-electron chi connectivity index (χ2n) is 9.97. The van der Waals surface area contributed by atoms with E-state index < -0.39 is 0 Å². The van der Waals surface area contributed by atoms with Crippen molar-refractivity contribution in [2.24, 2.45) is 0 Å². The first-order chi connectivity index (χ1) is 20.6. The molecule has 0 heterocycles. The van der Waals surface area contributed by atoms with Crippen LogP contribution in [0.3, 0.4) is 0 Å². The third-order valence-electron chi connectivity index (χ3n) is 7.31. The van der Waals surface area contributed by atoms with Crippen molar-refractivity contribution in [3.05, 3.63) is 191 Å². The van der Waals surface area contributed by atoms with Gasteiger partial charge in [-0.2, -0.15) is 0 Å². The molecule has 0 spiro atoms. The Labute approximate surface area is 244 Å². The molecule has 0 aromatic heterocycles. The normalized spacial score (nSPS) is 10.7. The zero-order valence-corrected chi connectivity index (χ0v) is 22.7. The van der Waals surface area contributed by atoms with Crippen molar-refractivity contribution < 1.29 is 14.4 Å². The number of benzene rings is 6. The topological polar surface area (TPSA) is 51.2 Å². The van der Waals surface area contributed by atoms with E-state index in [1.165, 1.54) is 0 Å². The van der Waals surface area contributed by atoms with Gasteiger partial charge in [0.2, 0.25) is 0 Å². The summed E-state index contributed by atoms with van der Waals surface area (Å²) in [5, 5.41) is 0. The van der Waals surface area contributed by atoms with Crippen LogP contribution in [0.5, 0.6) is 0 Å². The van der Waals surface area contributed by atoms with Gasteiger partial charge in [-0.05, 0) is 28.3 Å². The van der Waals surface area contributed by atoms with E-state index in [1.54, 1.807) is 48.5 Å². The molecule has 0 bridgehead atoms. The van der Waals surface area contributed by atoms with Gasteiger partial charge in [0.1, 0.15) is 0 Å². The van der Waals surface area contributed by atoms with E-state index in [0.29, 0.717) is 33.4 Å². The summed E-state index contributed by atoms with van der Waals surface area (Å²) in [5.41, 5.74) is 6.55. The van der Waals surface area contributed by atoms with Crippen LogP contribution in [-0.4, -0.2) is 17.3 Å². The van der Waals surface area contributed by atoms with Crippen molar-refractivity contribution in [1.82, 2.24) is 0 Å². The molecule has 0 atom stereocenters. The van der Waals surface area contributed by atoms with Crippen LogP contribution in [0.2, 0.25) is 0 Å². The molecule has 3 heteroatoms. The second kappa shape index (κ2) is 11.8. The molecule has 0 N–H and O–H groups in total. The van der Waals surface area contributed by atoms with Gasteiger partial charge in [0.05, 0.1) is 0 Å². The average molecular weight is 543 g/mol. The van der Waals surface area contributed by atoms with Crippen molar-refractivity contribution in [1.29, 1.82) is 0 Å². The van der Waals surface area contributed by atoms with Gasteiger partial charge in [-0.25, -0.2) is 0 Å². The molecule has 0 radical (unpaired) electrons. The summed E-state index contributed by atoms with van der Waals surface area (Å²) >= 11 is 0. The first kappa shape index (κ1) is 26.5. The van der Waals surface area contributed by atoms with Gasteiger partial charge in [-0.1, -0.05) is 152 Å². The van der Waals surface area contributed by atoms with Crippen LogP contribution in [0, 0.1) is 0 Å². The zero-order chi connectivity index (χ0) is 28.9. The standard InChI is InChI=1S/C39H26O3/c40-37(28-12-4-1-5-13-28)31-22-20-27(21-23-31)34-25-24-32(26-36(34)39(42)30-16-8-3-9-17-30)33-18-10-11-19-35(33)38(41)29-14-6-2-7-15-29/h1-26H. The van der Waals surface area contributed by atoms with E-state index in [1.807, 2.05) is 109 Å². The van der Waals surface area contributed by atoms with Crippen LogP contribution in [0.4, 0.5) is 0 Å². The monoisotopic (exact) mass is 542 g/mol. The fraction of sp³-hybridized carbons (Fsp3) is 0. The summed E-state index contributed by atoms with van der Waals surface area (Å²) in [5.74, 6) is -0.258. The van der Waals surface area contributed by atoms with E-state index in [0.717, 1.165) is 22.3 Å². The Bertz CT molecular complexity index is 1890. The van der Waals surface area contributed by atoms with E-state index >= 15 is 0 Å². The molecule has 6 aromatic rings. The molecule has 3 nitrogen and oxygen atoms in total. The maximum absolute atomic E-state index is 13.9. The molecule has 0 unspecified atom stereocenters. The van der Waals surface area contributed by atoms with Gasteiger partial charge < -0.3 is 0 Å². The van der Waals surface area contributed by atoms with E-state index in [4.69, 9.17) is 0 Å². The summed E-state index contributed by atoms with van der Waals surface area (Å²) in [6, 6.07) is 48.0. The minimum atomic E-state index is -0.122. The Hall–Kier alpha value is -5.67. The molecule has 0 aliphatic heterocycles. The predicted octanol–water partition coefficient (Wildman–Crippen LogP) is 8.71. The fourth-order valence-electron chi connectivity index (χ4n) is 5.13. The minimum Gasteiger partial charge on any atom is -0.289 e. The lowest BCUT2D eigenvalue weighted by atomic mass is 9.88. The quantitative estimate of drug-likeness (QED) is 0.181. The Balaban J connectivity index is 1.44. The zero-order valence-electron chi connectivity index (χ0n) is 22.7. The first-order valence-corrected chi connectivity index (χ1v) is 13.7. The van der Waals surface area contributed by atoms with Crippen LogP contribution in [0.1, 0.15) is 47.8 Å². The Morgan fingerprint density at radius 3 is 1.29 bits per heavy atom. The molecule has 0 saturated carbocycles. The van der Waals surface area contributed by atoms with Crippen LogP contribution in [0.25, 0.3) is 22.3 Å². The molecule has 6 aromatic carbocycles. The first-order valence-electron chi connectivity index (χ1n) is 13.7. The molecular formula is C39H26O3.